The summed E-state index contributed by atoms with van der Waals surface area (Å²) in [7, 11) is 3.39. The van der Waals surface area contributed by atoms with E-state index in [1.807, 2.05) is 30.3 Å². The van der Waals surface area contributed by atoms with Crippen LogP contribution in [0.5, 0.6) is 11.5 Å². The number of carbonyl (C=O) groups excluding carboxylic acids is 1. The van der Waals surface area contributed by atoms with Gasteiger partial charge in [0, 0.05) is 33.7 Å². The summed E-state index contributed by atoms with van der Waals surface area (Å²) in [5, 5.41) is 13.4. The van der Waals surface area contributed by atoms with Crippen LogP contribution in [0.4, 0.5) is 23.7 Å². The van der Waals surface area contributed by atoms with Crippen molar-refractivity contribution in [3.8, 4) is 11.5 Å². The van der Waals surface area contributed by atoms with Crippen molar-refractivity contribution in [2.75, 3.05) is 26.1 Å². The molecule has 3 N–H and O–H groups in total. The van der Waals surface area contributed by atoms with Gasteiger partial charge in [-0.15, -0.1) is 0 Å². The highest BCUT2D eigenvalue weighted by Gasteiger charge is 2.53. The fourth-order valence-electron chi connectivity index (χ4n) is 6.27. The minimum absolute atomic E-state index is 0.0914. The Morgan fingerprint density at radius 1 is 1.05 bits per heavy atom. The molecule has 1 aliphatic heterocycles. The Labute approximate surface area is 245 Å². The minimum atomic E-state index is -5.08. The van der Waals surface area contributed by atoms with Gasteiger partial charge < -0.3 is 25.2 Å². The topological polar surface area (TPSA) is 100 Å². The first-order valence-corrected chi connectivity index (χ1v) is 14.4. The third kappa shape index (κ3) is 7.09. The number of nitrogens with one attached hydrogen (secondary N) is 2. The smallest absolute Gasteiger partial charge is 0.490 e. The molecule has 3 unspecified atom stereocenters. The van der Waals surface area contributed by atoms with Crippen LogP contribution in [0, 0.1) is 0 Å². The summed E-state index contributed by atoms with van der Waals surface area (Å²) in [5.74, 6) is -1.19. The zero-order chi connectivity index (χ0) is 29.8. The number of fused-ring (bicyclic) bond motifs is 1. The number of amides is 2. The van der Waals surface area contributed by atoms with E-state index < -0.39 is 12.1 Å². The molecule has 2 aliphatic carbocycles. The van der Waals surface area contributed by atoms with Gasteiger partial charge in [0.15, 0.2) is 11.5 Å². The minimum Gasteiger partial charge on any atom is -0.493 e. The molecule has 2 saturated carbocycles. The van der Waals surface area contributed by atoms with Crippen molar-refractivity contribution in [1.82, 2.24) is 10.2 Å². The predicted octanol–water partition coefficient (Wildman–Crippen LogP) is 6.34. The number of hydrogen-bond acceptors (Lipinski definition) is 5. The van der Waals surface area contributed by atoms with Gasteiger partial charge in [-0.25, -0.2) is 9.59 Å². The Bertz CT molecular complexity index is 1240. The Balaban J connectivity index is 0.000000493. The molecule has 0 radical (unpaired) electrons. The number of alkyl halides is 3. The fraction of sp³-hybridized carbons (Fsp3) is 0.517. The lowest BCUT2D eigenvalue weighted by molar-refractivity contribution is -0.192. The monoisotopic (exact) mass is 641 g/mol. The summed E-state index contributed by atoms with van der Waals surface area (Å²) < 4.78 is 43.8. The van der Waals surface area contributed by atoms with Crippen LogP contribution >= 0.6 is 15.9 Å². The van der Waals surface area contributed by atoms with Gasteiger partial charge in [0.25, 0.3) is 0 Å². The molecule has 3 fully saturated rings. The van der Waals surface area contributed by atoms with E-state index in [2.05, 4.69) is 43.6 Å². The van der Waals surface area contributed by atoms with Gasteiger partial charge in [0.05, 0.1) is 14.2 Å². The van der Waals surface area contributed by atoms with Crippen LogP contribution in [0.2, 0.25) is 0 Å². The standard InChI is InChI=1S/C27H34BrN3O3.C2HF3O2/c1-33-23-10-9-18(15-24(23)34-2)27-12-11-21(17-25(27)31(14-13-27)22-7-4-8-22)30-26(32)29-20-6-3-5-19(28)16-20;3-2(4,5)1(6)7/h3,5-6,9-10,15-16,21-22,25H,4,7-8,11-14,17H2,1-2H3,(H2,29,30,32);(H,6,7). The number of rotatable bonds is 6. The number of urea groups is 1. The number of hydrogen-bond donors (Lipinski definition) is 3. The maximum atomic E-state index is 12.8. The molecule has 0 aromatic heterocycles. The van der Waals surface area contributed by atoms with Gasteiger partial charge in [-0.1, -0.05) is 34.5 Å². The van der Waals surface area contributed by atoms with Gasteiger partial charge in [-0.05, 0) is 81.0 Å². The van der Waals surface area contributed by atoms with E-state index in [1.165, 1.54) is 24.8 Å². The molecule has 3 atom stereocenters. The molecule has 8 nitrogen and oxygen atoms in total. The first kappa shape index (κ1) is 31.0. The van der Waals surface area contributed by atoms with Crippen LogP contribution in [0.15, 0.2) is 46.9 Å². The number of methoxy groups -OCH3 is 2. The highest BCUT2D eigenvalue weighted by molar-refractivity contribution is 9.10. The lowest BCUT2D eigenvalue weighted by atomic mass is 9.64. The molecule has 41 heavy (non-hydrogen) atoms. The second-order valence-electron chi connectivity index (χ2n) is 10.7. The maximum Gasteiger partial charge on any atom is 0.490 e. The first-order valence-electron chi connectivity index (χ1n) is 13.6. The van der Waals surface area contributed by atoms with Gasteiger partial charge in [0.1, 0.15) is 0 Å². The third-order valence-electron chi connectivity index (χ3n) is 8.46. The summed E-state index contributed by atoms with van der Waals surface area (Å²) >= 11 is 3.47. The number of benzene rings is 2. The Morgan fingerprint density at radius 2 is 1.76 bits per heavy atom. The van der Waals surface area contributed by atoms with E-state index in [-0.39, 0.29) is 17.5 Å². The van der Waals surface area contributed by atoms with E-state index in [4.69, 9.17) is 19.4 Å². The Hall–Kier alpha value is -2.99. The molecule has 1 heterocycles. The Kier molecular flexibility index (Phi) is 9.73. The molecule has 2 amide bonds. The number of aliphatic carboxylic acids is 1. The number of likely N-dealkylation sites (tertiary alicyclic amines) is 1. The van der Waals surface area contributed by atoms with Crippen molar-refractivity contribution in [1.29, 1.82) is 0 Å². The van der Waals surface area contributed by atoms with Gasteiger partial charge in [-0.2, -0.15) is 13.2 Å². The van der Waals surface area contributed by atoms with E-state index in [0.29, 0.717) is 12.1 Å². The molecule has 3 aliphatic rings. The van der Waals surface area contributed by atoms with Gasteiger partial charge in [0.2, 0.25) is 0 Å². The van der Waals surface area contributed by atoms with E-state index in [0.717, 1.165) is 53.9 Å². The van der Waals surface area contributed by atoms with E-state index in [9.17, 15) is 18.0 Å². The van der Waals surface area contributed by atoms with Crippen molar-refractivity contribution in [3.63, 3.8) is 0 Å². The average Bonchev–Trinajstić information content (AvgIpc) is 3.26. The molecule has 2 aromatic carbocycles. The van der Waals surface area contributed by atoms with E-state index >= 15 is 0 Å². The van der Waals surface area contributed by atoms with Crippen molar-refractivity contribution >= 4 is 33.6 Å². The normalized spacial score (nSPS) is 24.2. The zero-order valence-corrected chi connectivity index (χ0v) is 24.6. The summed E-state index contributed by atoms with van der Waals surface area (Å²) in [4.78, 5) is 24.4. The number of anilines is 1. The number of ether oxygens (including phenoxy) is 2. The lowest BCUT2D eigenvalue weighted by Gasteiger charge is -2.48. The lowest BCUT2D eigenvalue weighted by Crippen LogP contribution is -2.55. The average molecular weight is 643 g/mol. The maximum absolute atomic E-state index is 12.8. The van der Waals surface area contributed by atoms with Crippen LogP contribution in [-0.2, 0) is 10.2 Å². The number of halogens is 4. The second-order valence-corrected chi connectivity index (χ2v) is 11.6. The van der Waals surface area contributed by atoms with Crippen molar-refractivity contribution in [2.24, 2.45) is 0 Å². The van der Waals surface area contributed by atoms with Crippen LogP contribution in [0.3, 0.4) is 0 Å². The molecule has 5 rings (SSSR count). The Morgan fingerprint density at radius 3 is 2.34 bits per heavy atom. The number of carboxylic acids is 1. The fourth-order valence-corrected chi connectivity index (χ4v) is 6.67. The summed E-state index contributed by atoms with van der Waals surface area (Å²) in [6, 6.07) is 15.3. The van der Waals surface area contributed by atoms with Crippen LogP contribution in [0.1, 0.15) is 50.5 Å². The quantitative estimate of drug-likeness (QED) is 0.340. The highest BCUT2D eigenvalue weighted by Crippen LogP contribution is 2.52. The van der Waals surface area contributed by atoms with E-state index in [1.54, 1.807) is 14.2 Å². The van der Waals surface area contributed by atoms with Crippen molar-refractivity contribution in [3.05, 3.63) is 52.5 Å². The number of nitrogens with zero attached hydrogens (tertiary/aromatic N) is 1. The van der Waals surface area contributed by atoms with Gasteiger partial charge >= 0.3 is 18.2 Å². The summed E-state index contributed by atoms with van der Waals surface area (Å²) in [6.07, 6.45) is 2.97. The summed E-state index contributed by atoms with van der Waals surface area (Å²) in [6.45, 7) is 1.13. The molecule has 0 spiro atoms. The molecule has 1 saturated heterocycles. The molecule has 12 heteroatoms. The van der Waals surface area contributed by atoms with Crippen LogP contribution in [-0.4, -0.2) is 67.1 Å². The molecule has 0 bridgehead atoms. The van der Waals surface area contributed by atoms with Crippen molar-refractivity contribution in [2.45, 2.75) is 74.7 Å². The van der Waals surface area contributed by atoms with Gasteiger partial charge in [-0.3, -0.25) is 4.90 Å². The number of carboxylic acid groups (broad SMARTS) is 1. The molecular weight excluding hydrogens is 607 g/mol. The van der Waals surface area contributed by atoms with Crippen molar-refractivity contribution < 1.29 is 37.3 Å². The molecular formula is C29H35BrF3N3O5. The molecule has 224 valence electrons. The summed E-state index contributed by atoms with van der Waals surface area (Å²) in [5.41, 5.74) is 2.22. The highest BCUT2D eigenvalue weighted by atomic mass is 79.9. The van der Waals surface area contributed by atoms with Crippen LogP contribution in [0.25, 0.3) is 0 Å². The second kappa shape index (κ2) is 12.9. The SMILES string of the molecule is COc1ccc(C23CCC(NC(=O)Nc4cccc(Br)c4)CC2N(C2CCC2)CC3)cc1OC.O=C(O)C(F)(F)F. The third-order valence-corrected chi connectivity index (χ3v) is 8.96. The predicted molar refractivity (Wildman–Crippen MR) is 152 cm³/mol. The first-order chi connectivity index (χ1) is 19.5. The van der Waals surface area contributed by atoms with Crippen LogP contribution < -0.4 is 20.1 Å². The largest absolute Gasteiger partial charge is 0.493 e. The number of carbonyl (C=O) groups is 2. The zero-order valence-electron chi connectivity index (χ0n) is 23.0. The molecule has 2 aromatic rings.